The molecule has 0 fully saturated rings. The van der Waals surface area contributed by atoms with Crippen LogP contribution in [0.3, 0.4) is 0 Å². The summed E-state index contributed by atoms with van der Waals surface area (Å²) in [5, 5.41) is 11.6. The van der Waals surface area contributed by atoms with Crippen LogP contribution in [0.2, 0.25) is 0 Å². The van der Waals surface area contributed by atoms with Crippen molar-refractivity contribution in [2.75, 3.05) is 20.8 Å². The molecule has 6 heteroatoms. The second-order valence-electron chi connectivity index (χ2n) is 4.61. The molecule has 0 aromatic heterocycles. The van der Waals surface area contributed by atoms with Gasteiger partial charge in [0, 0.05) is 6.54 Å². The molecule has 0 spiro atoms. The molecule has 1 aromatic carbocycles. The molecule has 0 heterocycles. The number of methoxy groups -OCH3 is 2. The summed E-state index contributed by atoms with van der Waals surface area (Å²) in [6, 6.07) is 5.23. The summed E-state index contributed by atoms with van der Waals surface area (Å²) < 4.78 is 10.3. The normalized spacial score (nSPS) is 11.6. The highest BCUT2D eigenvalue weighted by molar-refractivity contribution is 5.79. The van der Waals surface area contributed by atoms with Crippen molar-refractivity contribution in [2.24, 2.45) is 5.92 Å². The highest BCUT2D eigenvalue weighted by atomic mass is 16.5. The van der Waals surface area contributed by atoms with E-state index in [1.54, 1.807) is 32.2 Å². The van der Waals surface area contributed by atoms with Crippen molar-refractivity contribution in [3.8, 4) is 11.5 Å². The summed E-state index contributed by atoms with van der Waals surface area (Å²) in [7, 11) is 3.07. The van der Waals surface area contributed by atoms with Crippen molar-refractivity contribution >= 4 is 11.9 Å². The van der Waals surface area contributed by atoms with Crippen LogP contribution in [-0.4, -0.2) is 37.7 Å². The van der Waals surface area contributed by atoms with Gasteiger partial charge in [-0.2, -0.15) is 0 Å². The molecule has 0 aliphatic rings. The number of carboxylic acids is 1. The van der Waals surface area contributed by atoms with E-state index in [1.807, 2.05) is 0 Å². The maximum absolute atomic E-state index is 11.8. The molecule has 0 bridgehead atoms. The van der Waals surface area contributed by atoms with Crippen LogP contribution < -0.4 is 14.8 Å². The summed E-state index contributed by atoms with van der Waals surface area (Å²) in [4.78, 5) is 22.7. The molecule has 6 nitrogen and oxygen atoms in total. The number of nitrogens with one attached hydrogen (secondary N) is 1. The van der Waals surface area contributed by atoms with Crippen molar-refractivity contribution < 1.29 is 24.2 Å². The zero-order valence-electron chi connectivity index (χ0n) is 12.5. The lowest BCUT2D eigenvalue weighted by Gasteiger charge is -2.12. The molecule has 116 valence electrons. The number of carbonyl (C=O) groups is 2. The van der Waals surface area contributed by atoms with Gasteiger partial charge in [-0.05, 0) is 24.1 Å². The lowest BCUT2D eigenvalue weighted by atomic mass is 10.1. The van der Waals surface area contributed by atoms with Gasteiger partial charge in [0.15, 0.2) is 11.5 Å². The fourth-order valence-corrected chi connectivity index (χ4v) is 1.88. The third kappa shape index (κ3) is 4.98. The van der Waals surface area contributed by atoms with Gasteiger partial charge in [-0.1, -0.05) is 13.0 Å². The molecule has 0 aliphatic carbocycles. The van der Waals surface area contributed by atoms with Crippen LogP contribution in [0.1, 0.15) is 18.9 Å². The van der Waals surface area contributed by atoms with Crippen LogP contribution in [0, 0.1) is 5.92 Å². The van der Waals surface area contributed by atoms with Gasteiger partial charge < -0.3 is 19.9 Å². The van der Waals surface area contributed by atoms with Gasteiger partial charge in [0.1, 0.15) is 0 Å². The second-order valence-corrected chi connectivity index (χ2v) is 4.61. The lowest BCUT2D eigenvalue weighted by molar-refractivity contribution is -0.141. The van der Waals surface area contributed by atoms with Crippen LogP contribution >= 0.6 is 0 Å². The quantitative estimate of drug-likeness (QED) is 0.758. The van der Waals surface area contributed by atoms with Gasteiger partial charge in [0.2, 0.25) is 5.91 Å². The molecular formula is C15H21NO5. The number of amides is 1. The fraction of sp³-hybridized carbons (Fsp3) is 0.467. The number of hydrogen-bond donors (Lipinski definition) is 2. The average molecular weight is 295 g/mol. The molecule has 0 radical (unpaired) electrons. The minimum atomic E-state index is -0.899. The van der Waals surface area contributed by atoms with Gasteiger partial charge in [-0.15, -0.1) is 0 Å². The highest BCUT2D eigenvalue weighted by Crippen LogP contribution is 2.27. The van der Waals surface area contributed by atoms with E-state index in [0.29, 0.717) is 17.9 Å². The maximum atomic E-state index is 11.8. The van der Waals surface area contributed by atoms with Crippen molar-refractivity contribution in [1.29, 1.82) is 0 Å². The SMILES string of the molecule is CCC(CNC(=O)Cc1ccc(OC)c(OC)c1)C(=O)O. The summed E-state index contributed by atoms with van der Waals surface area (Å²) in [6.07, 6.45) is 0.641. The van der Waals surface area contributed by atoms with E-state index in [1.165, 1.54) is 7.11 Å². The van der Waals surface area contributed by atoms with Crippen molar-refractivity contribution in [3.05, 3.63) is 23.8 Å². The van der Waals surface area contributed by atoms with E-state index >= 15 is 0 Å². The Morgan fingerprint density at radius 2 is 1.90 bits per heavy atom. The van der Waals surface area contributed by atoms with Crippen LogP contribution in [-0.2, 0) is 16.0 Å². The monoisotopic (exact) mass is 295 g/mol. The van der Waals surface area contributed by atoms with Crippen LogP contribution in [0.25, 0.3) is 0 Å². The first-order valence-corrected chi connectivity index (χ1v) is 6.72. The molecule has 1 rings (SSSR count). The third-order valence-corrected chi connectivity index (χ3v) is 3.20. The molecule has 21 heavy (non-hydrogen) atoms. The number of benzene rings is 1. The molecule has 1 atom stereocenters. The summed E-state index contributed by atoms with van der Waals surface area (Å²) >= 11 is 0. The number of carboxylic acid groups (broad SMARTS) is 1. The van der Waals surface area contributed by atoms with Gasteiger partial charge in [0.05, 0.1) is 26.6 Å². The van der Waals surface area contributed by atoms with E-state index < -0.39 is 11.9 Å². The molecule has 0 aliphatic heterocycles. The third-order valence-electron chi connectivity index (χ3n) is 3.20. The number of ether oxygens (including phenoxy) is 2. The first-order chi connectivity index (χ1) is 10.0. The van der Waals surface area contributed by atoms with Crippen LogP contribution in [0.15, 0.2) is 18.2 Å². The van der Waals surface area contributed by atoms with Crippen molar-refractivity contribution in [2.45, 2.75) is 19.8 Å². The Labute approximate surface area is 124 Å². The summed E-state index contributed by atoms with van der Waals surface area (Å²) in [5.74, 6) is -0.524. The minimum Gasteiger partial charge on any atom is -0.493 e. The molecule has 1 amide bonds. The molecule has 0 saturated carbocycles. The predicted octanol–water partition coefficient (Wildman–Crippen LogP) is 1.47. The van der Waals surface area contributed by atoms with Gasteiger partial charge in [0.25, 0.3) is 0 Å². The maximum Gasteiger partial charge on any atom is 0.308 e. The van der Waals surface area contributed by atoms with E-state index in [9.17, 15) is 9.59 Å². The van der Waals surface area contributed by atoms with E-state index in [2.05, 4.69) is 5.32 Å². The Bertz CT molecular complexity index is 501. The summed E-state index contributed by atoms with van der Waals surface area (Å²) in [5.41, 5.74) is 0.772. The first-order valence-electron chi connectivity index (χ1n) is 6.72. The highest BCUT2D eigenvalue weighted by Gasteiger charge is 2.16. The molecule has 1 unspecified atom stereocenters. The summed E-state index contributed by atoms with van der Waals surface area (Å²) in [6.45, 7) is 1.91. The molecule has 0 saturated heterocycles. The van der Waals surface area contributed by atoms with Gasteiger partial charge in [-0.3, -0.25) is 9.59 Å². The first kappa shape index (κ1) is 16.8. The minimum absolute atomic E-state index is 0.137. The number of hydrogen-bond acceptors (Lipinski definition) is 4. The number of carbonyl (C=O) groups excluding carboxylic acids is 1. The van der Waals surface area contributed by atoms with Gasteiger partial charge in [-0.25, -0.2) is 0 Å². The Morgan fingerprint density at radius 3 is 2.43 bits per heavy atom. The Kier molecular flexibility index (Phi) is 6.52. The topological polar surface area (TPSA) is 84.9 Å². The Morgan fingerprint density at radius 1 is 1.24 bits per heavy atom. The number of aliphatic carboxylic acids is 1. The largest absolute Gasteiger partial charge is 0.493 e. The fourth-order valence-electron chi connectivity index (χ4n) is 1.88. The Hall–Kier alpha value is -2.24. The second kappa shape index (κ2) is 8.14. The lowest BCUT2D eigenvalue weighted by Crippen LogP contribution is -2.33. The van der Waals surface area contributed by atoms with Crippen molar-refractivity contribution in [1.82, 2.24) is 5.32 Å². The zero-order valence-corrected chi connectivity index (χ0v) is 12.5. The van der Waals surface area contributed by atoms with E-state index in [4.69, 9.17) is 14.6 Å². The van der Waals surface area contributed by atoms with Crippen LogP contribution in [0.5, 0.6) is 11.5 Å². The van der Waals surface area contributed by atoms with E-state index in [0.717, 1.165) is 5.56 Å². The standard InChI is InChI=1S/C15H21NO5/c1-4-11(15(18)19)9-16-14(17)8-10-5-6-12(20-2)13(7-10)21-3/h5-7,11H,4,8-9H2,1-3H3,(H,16,17)(H,18,19). The average Bonchev–Trinajstić information content (AvgIpc) is 2.47. The number of rotatable bonds is 8. The molecular weight excluding hydrogens is 274 g/mol. The molecule has 1 aromatic rings. The van der Waals surface area contributed by atoms with Crippen molar-refractivity contribution in [3.63, 3.8) is 0 Å². The predicted molar refractivity (Wildman–Crippen MR) is 77.7 cm³/mol. The van der Waals surface area contributed by atoms with E-state index in [-0.39, 0.29) is 18.9 Å². The zero-order chi connectivity index (χ0) is 15.8. The van der Waals surface area contributed by atoms with Gasteiger partial charge >= 0.3 is 5.97 Å². The Balaban J connectivity index is 2.60. The smallest absolute Gasteiger partial charge is 0.308 e. The molecule has 2 N–H and O–H groups in total. The van der Waals surface area contributed by atoms with Crippen LogP contribution in [0.4, 0.5) is 0 Å².